The van der Waals surface area contributed by atoms with E-state index in [2.05, 4.69) is 52.1 Å². The molecule has 1 fully saturated rings. The van der Waals surface area contributed by atoms with Crippen molar-refractivity contribution in [2.24, 2.45) is 0 Å². The predicted molar refractivity (Wildman–Crippen MR) is 83.5 cm³/mol. The summed E-state index contributed by atoms with van der Waals surface area (Å²) in [7, 11) is 0. The number of nitrogens with one attached hydrogen (secondary N) is 1. The molecule has 1 aliphatic heterocycles. The van der Waals surface area contributed by atoms with E-state index < -0.39 is 0 Å². The van der Waals surface area contributed by atoms with Crippen LogP contribution in [0.25, 0.3) is 0 Å². The minimum atomic E-state index is 0.298. The van der Waals surface area contributed by atoms with Crippen LogP contribution in [-0.2, 0) is 6.42 Å². The first kappa shape index (κ1) is 14.5. The number of halogens is 1. The normalized spacial score (nSPS) is 26.2. The molecule has 0 saturated carbocycles. The minimum absolute atomic E-state index is 0.298. The fourth-order valence-corrected chi connectivity index (χ4v) is 3.98. The number of thiophene rings is 1. The maximum Gasteiger partial charge on any atom is 0.0701 e. The molecule has 1 saturated heterocycles. The molecule has 18 heavy (non-hydrogen) atoms. The Bertz CT molecular complexity index is 380. The lowest BCUT2D eigenvalue weighted by atomic mass is 9.98. The summed E-state index contributed by atoms with van der Waals surface area (Å²) in [5.74, 6) is 0. The quantitative estimate of drug-likeness (QED) is 0.908. The molecular formula is C14H23BrN2S. The second-order valence-electron chi connectivity index (χ2n) is 5.43. The Morgan fingerprint density at radius 1 is 1.50 bits per heavy atom. The van der Waals surface area contributed by atoms with E-state index in [4.69, 9.17) is 0 Å². The number of hydrogen-bond donors (Lipinski definition) is 1. The van der Waals surface area contributed by atoms with Gasteiger partial charge in [0.15, 0.2) is 0 Å². The minimum Gasteiger partial charge on any atom is -0.310 e. The van der Waals surface area contributed by atoms with Crippen molar-refractivity contribution in [2.45, 2.75) is 38.6 Å². The molecule has 1 unspecified atom stereocenters. The summed E-state index contributed by atoms with van der Waals surface area (Å²) in [5, 5.41) is 3.69. The van der Waals surface area contributed by atoms with Crippen molar-refractivity contribution in [1.29, 1.82) is 0 Å². The third-order valence-electron chi connectivity index (χ3n) is 3.86. The smallest absolute Gasteiger partial charge is 0.0701 e. The maximum atomic E-state index is 3.69. The lowest BCUT2D eigenvalue weighted by molar-refractivity contribution is 0.217. The molecule has 102 valence electrons. The van der Waals surface area contributed by atoms with Gasteiger partial charge in [-0.25, -0.2) is 0 Å². The highest BCUT2D eigenvalue weighted by Gasteiger charge is 2.26. The Morgan fingerprint density at radius 3 is 3.00 bits per heavy atom. The van der Waals surface area contributed by atoms with Crippen LogP contribution >= 0.6 is 27.3 Å². The molecule has 2 rings (SSSR count). The van der Waals surface area contributed by atoms with E-state index in [9.17, 15) is 0 Å². The third-order valence-corrected chi connectivity index (χ3v) is 5.54. The number of rotatable bonds is 4. The number of nitrogens with zero attached hydrogens (tertiary/aromatic N) is 1. The standard InChI is InChI=1S/C14H23BrN2S/c1-3-14(2)11-17(9-4-8-16-14)10-7-12-5-6-13(15)18-12/h5-6,16H,3-4,7-11H2,1-2H3. The Kier molecular flexibility index (Phi) is 5.24. The summed E-state index contributed by atoms with van der Waals surface area (Å²) in [5.41, 5.74) is 0.298. The summed E-state index contributed by atoms with van der Waals surface area (Å²) in [6.45, 7) is 9.39. The summed E-state index contributed by atoms with van der Waals surface area (Å²) < 4.78 is 1.24. The largest absolute Gasteiger partial charge is 0.310 e. The van der Waals surface area contributed by atoms with Gasteiger partial charge in [-0.2, -0.15) is 0 Å². The van der Waals surface area contributed by atoms with Crippen LogP contribution in [0, 0.1) is 0 Å². The van der Waals surface area contributed by atoms with Gasteiger partial charge >= 0.3 is 0 Å². The second-order valence-corrected chi connectivity index (χ2v) is 7.97. The van der Waals surface area contributed by atoms with Crippen LogP contribution in [0.2, 0.25) is 0 Å². The highest BCUT2D eigenvalue weighted by atomic mass is 79.9. The molecule has 0 spiro atoms. The summed E-state index contributed by atoms with van der Waals surface area (Å²) in [6, 6.07) is 4.39. The molecule has 1 aromatic rings. The van der Waals surface area contributed by atoms with Crippen molar-refractivity contribution >= 4 is 27.3 Å². The molecule has 0 bridgehead atoms. The van der Waals surface area contributed by atoms with Gasteiger partial charge in [-0.15, -0.1) is 11.3 Å². The molecule has 1 N–H and O–H groups in total. The zero-order valence-corrected chi connectivity index (χ0v) is 13.7. The Morgan fingerprint density at radius 2 is 2.33 bits per heavy atom. The molecule has 0 aliphatic carbocycles. The zero-order valence-electron chi connectivity index (χ0n) is 11.3. The average molecular weight is 331 g/mol. The van der Waals surface area contributed by atoms with Crippen LogP contribution in [0.4, 0.5) is 0 Å². The van der Waals surface area contributed by atoms with E-state index in [1.807, 2.05) is 11.3 Å². The lowest BCUT2D eigenvalue weighted by Crippen LogP contribution is -2.48. The van der Waals surface area contributed by atoms with Crippen molar-refractivity contribution in [3.8, 4) is 0 Å². The van der Waals surface area contributed by atoms with Crippen molar-refractivity contribution in [2.75, 3.05) is 26.2 Å². The van der Waals surface area contributed by atoms with Crippen LogP contribution in [0.5, 0.6) is 0 Å². The Labute approximate surface area is 123 Å². The van der Waals surface area contributed by atoms with Gasteiger partial charge in [0.25, 0.3) is 0 Å². The van der Waals surface area contributed by atoms with Gasteiger partial charge in [0.05, 0.1) is 3.79 Å². The van der Waals surface area contributed by atoms with Crippen LogP contribution < -0.4 is 5.32 Å². The predicted octanol–water partition coefficient (Wildman–Crippen LogP) is 3.52. The second kappa shape index (κ2) is 6.51. The first-order valence-electron chi connectivity index (χ1n) is 6.83. The van der Waals surface area contributed by atoms with E-state index in [1.165, 1.54) is 47.6 Å². The van der Waals surface area contributed by atoms with Gasteiger partial charge in [0, 0.05) is 23.5 Å². The Hall–Kier alpha value is 0.1000. The topological polar surface area (TPSA) is 15.3 Å². The fourth-order valence-electron chi connectivity index (χ4n) is 2.50. The molecule has 0 radical (unpaired) electrons. The highest BCUT2D eigenvalue weighted by Crippen LogP contribution is 2.23. The molecule has 1 aliphatic rings. The van der Waals surface area contributed by atoms with Gasteiger partial charge in [-0.1, -0.05) is 6.92 Å². The number of hydrogen-bond acceptors (Lipinski definition) is 3. The van der Waals surface area contributed by atoms with Gasteiger partial charge in [0.1, 0.15) is 0 Å². The molecule has 0 aromatic carbocycles. The van der Waals surface area contributed by atoms with Crippen molar-refractivity contribution in [3.05, 3.63) is 20.8 Å². The molecule has 4 heteroatoms. The first-order valence-corrected chi connectivity index (χ1v) is 8.44. The summed E-state index contributed by atoms with van der Waals surface area (Å²) >= 11 is 5.40. The molecule has 2 nitrogen and oxygen atoms in total. The highest BCUT2D eigenvalue weighted by molar-refractivity contribution is 9.11. The van der Waals surface area contributed by atoms with Gasteiger partial charge in [-0.3, -0.25) is 0 Å². The fraction of sp³-hybridized carbons (Fsp3) is 0.714. The molecule has 1 atom stereocenters. The molecular weight excluding hydrogens is 308 g/mol. The zero-order chi connectivity index (χ0) is 13.0. The van der Waals surface area contributed by atoms with Gasteiger partial charge < -0.3 is 10.2 Å². The van der Waals surface area contributed by atoms with Crippen molar-refractivity contribution in [3.63, 3.8) is 0 Å². The molecule has 2 heterocycles. The van der Waals surface area contributed by atoms with Crippen molar-refractivity contribution < 1.29 is 0 Å². The van der Waals surface area contributed by atoms with E-state index in [0.29, 0.717) is 5.54 Å². The summed E-state index contributed by atoms with van der Waals surface area (Å²) in [4.78, 5) is 4.11. The molecule has 1 aromatic heterocycles. The lowest BCUT2D eigenvalue weighted by Gasteiger charge is -2.32. The monoisotopic (exact) mass is 330 g/mol. The van der Waals surface area contributed by atoms with E-state index in [-0.39, 0.29) is 0 Å². The Balaban J connectivity index is 1.87. The van der Waals surface area contributed by atoms with E-state index in [0.717, 1.165) is 6.54 Å². The van der Waals surface area contributed by atoms with Crippen LogP contribution in [0.15, 0.2) is 15.9 Å². The average Bonchev–Trinajstić information content (AvgIpc) is 2.67. The van der Waals surface area contributed by atoms with Crippen molar-refractivity contribution in [1.82, 2.24) is 10.2 Å². The maximum absolute atomic E-state index is 3.69. The van der Waals surface area contributed by atoms with E-state index in [1.54, 1.807) is 0 Å². The van der Waals surface area contributed by atoms with Gasteiger partial charge in [0.2, 0.25) is 0 Å². The van der Waals surface area contributed by atoms with Crippen LogP contribution in [0.3, 0.4) is 0 Å². The van der Waals surface area contributed by atoms with E-state index >= 15 is 0 Å². The van der Waals surface area contributed by atoms with Crippen LogP contribution in [0.1, 0.15) is 31.6 Å². The van der Waals surface area contributed by atoms with Gasteiger partial charge in [-0.05, 0) is 67.3 Å². The van der Waals surface area contributed by atoms with Crippen LogP contribution in [-0.4, -0.2) is 36.6 Å². The summed E-state index contributed by atoms with van der Waals surface area (Å²) in [6.07, 6.45) is 3.65. The molecule has 0 amide bonds. The SMILES string of the molecule is CCC1(C)CN(CCc2ccc(Br)s2)CCCN1. The first-order chi connectivity index (χ1) is 8.61. The third kappa shape index (κ3) is 4.05.